The van der Waals surface area contributed by atoms with E-state index in [-0.39, 0.29) is 6.61 Å². The fourth-order valence-electron chi connectivity index (χ4n) is 1.51. The van der Waals surface area contributed by atoms with Crippen molar-refractivity contribution in [2.24, 2.45) is 10.7 Å². The first-order chi connectivity index (χ1) is 9.21. The SMILES string of the molecule is COc1ccc(CN=C(N)NCCCO)cc1OC. The summed E-state index contributed by atoms with van der Waals surface area (Å²) in [6, 6.07) is 5.61. The maximum absolute atomic E-state index is 8.65. The Hall–Kier alpha value is -1.95. The van der Waals surface area contributed by atoms with E-state index in [4.69, 9.17) is 20.3 Å². The minimum Gasteiger partial charge on any atom is -0.493 e. The molecular formula is C13H21N3O3. The molecule has 6 heteroatoms. The van der Waals surface area contributed by atoms with E-state index < -0.39 is 0 Å². The monoisotopic (exact) mass is 267 g/mol. The number of nitrogens with zero attached hydrogens (tertiary/aromatic N) is 1. The molecule has 0 aliphatic rings. The van der Waals surface area contributed by atoms with Gasteiger partial charge in [0.1, 0.15) is 0 Å². The molecular weight excluding hydrogens is 246 g/mol. The normalized spacial score (nSPS) is 11.2. The van der Waals surface area contributed by atoms with Crippen molar-refractivity contribution in [3.8, 4) is 11.5 Å². The number of methoxy groups -OCH3 is 2. The van der Waals surface area contributed by atoms with Crippen molar-refractivity contribution in [1.82, 2.24) is 5.32 Å². The molecule has 0 unspecified atom stereocenters. The Kier molecular flexibility index (Phi) is 6.52. The first-order valence-corrected chi connectivity index (χ1v) is 6.06. The Bertz CT molecular complexity index is 422. The molecule has 0 fully saturated rings. The standard InChI is InChI=1S/C13H21N3O3/c1-18-11-5-4-10(8-12(11)19-2)9-16-13(14)15-6-3-7-17/h4-5,8,17H,3,6-7,9H2,1-2H3,(H3,14,15,16). The van der Waals surface area contributed by atoms with Gasteiger partial charge in [-0.15, -0.1) is 0 Å². The molecule has 0 spiro atoms. The molecule has 0 saturated heterocycles. The Morgan fingerprint density at radius 2 is 2.05 bits per heavy atom. The first kappa shape index (κ1) is 15.1. The van der Waals surface area contributed by atoms with Crippen LogP contribution in [0, 0.1) is 0 Å². The zero-order valence-corrected chi connectivity index (χ0v) is 11.3. The zero-order chi connectivity index (χ0) is 14.1. The third-order valence-electron chi connectivity index (χ3n) is 2.52. The zero-order valence-electron chi connectivity index (χ0n) is 11.3. The van der Waals surface area contributed by atoms with E-state index >= 15 is 0 Å². The Balaban J connectivity index is 2.59. The molecule has 0 aromatic heterocycles. The average Bonchev–Trinajstić information content (AvgIpc) is 2.45. The van der Waals surface area contributed by atoms with Gasteiger partial charge in [0.05, 0.1) is 20.8 Å². The second-order valence-corrected chi connectivity index (χ2v) is 3.89. The van der Waals surface area contributed by atoms with Gasteiger partial charge in [-0.25, -0.2) is 4.99 Å². The van der Waals surface area contributed by atoms with Gasteiger partial charge in [0.2, 0.25) is 0 Å². The number of benzene rings is 1. The van der Waals surface area contributed by atoms with Gasteiger partial charge in [0.15, 0.2) is 17.5 Å². The van der Waals surface area contributed by atoms with E-state index in [2.05, 4.69) is 10.3 Å². The highest BCUT2D eigenvalue weighted by Crippen LogP contribution is 2.27. The Morgan fingerprint density at radius 1 is 1.32 bits per heavy atom. The fourth-order valence-corrected chi connectivity index (χ4v) is 1.51. The van der Waals surface area contributed by atoms with Crippen molar-refractivity contribution >= 4 is 5.96 Å². The highest BCUT2D eigenvalue weighted by atomic mass is 16.5. The van der Waals surface area contributed by atoms with Crippen LogP contribution in [-0.2, 0) is 6.54 Å². The predicted octanol–water partition coefficient (Wildman–Crippen LogP) is 0.491. The maximum atomic E-state index is 8.65. The van der Waals surface area contributed by atoms with Crippen molar-refractivity contribution < 1.29 is 14.6 Å². The predicted molar refractivity (Wildman–Crippen MR) is 74.6 cm³/mol. The van der Waals surface area contributed by atoms with Crippen molar-refractivity contribution in [2.45, 2.75) is 13.0 Å². The number of guanidine groups is 1. The van der Waals surface area contributed by atoms with E-state index in [1.807, 2.05) is 18.2 Å². The van der Waals surface area contributed by atoms with E-state index in [1.54, 1.807) is 14.2 Å². The molecule has 4 N–H and O–H groups in total. The molecule has 0 heterocycles. The maximum Gasteiger partial charge on any atom is 0.188 e. The lowest BCUT2D eigenvalue weighted by Gasteiger charge is -2.09. The summed E-state index contributed by atoms with van der Waals surface area (Å²) >= 11 is 0. The van der Waals surface area contributed by atoms with Gasteiger partial charge in [-0.3, -0.25) is 0 Å². The minimum atomic E-state index is 0.135. The molecule has 0 amide bonds. The summed E-state index contributed by atoms with van der Waals surface area (Å²) in [5.74, 6) is 1.72. The fraction of sp³-hybridized carbons (Fsp3) is 0.462. The number of ether oxygens (including phenoxy) is 2. The largest absolute Gasteiger partial charge is 0.493 e. The van der Waals surface area contributed by atoms with Crippen LogP contribution in [0.25, 0.3) is 0 Å². The van der Waals surface area contributed by atoms with E-state index in [1.165, 1.54) is 0 Å². The number of aliphatic hydroxyl groups is 1. The number of hydrogen-bond donors (Lipinski definition) is 3. The highest BCUT2D eigenvalue weighted by Gasteiger charge is 2.04. The lowest BCUT2D eigenvalue weighted by atomic mass is 10.2. The van der Waals surface area contributed by atoms with Gasteiger partial charge in [-0.05, 0) is 24.1 Å². The van der Waals surface area contributed by atoms with Crippen LogP contribution < -0.4 is 20.5 Å². The van der Waals surface area contributed by atoms with Crippen LogP contribution in [0.2, 0.25) is 0 Å². The van der Waals surface area contributed by atoms with Crippen molar-refractivity contribution in [3.05, 3.63) is 23.8 Å². The third-order valence-corrected chi connectivity index (χ3v) is 2.52. The second-order valence-electron chi connectivity index (χ2n) is 3.89. The topological polar surface area (TPSA) is 89.1 Å². The van der Waals surface area contributed by atoms with Gasteiger partial charge in [-0.1, -0.05) is 6.07 Å². The summed E-state index contributed by atoms with van der Waals surface area (Å²) in [6.07, 6.45) is 0.645. The molecule has 0 aliphatic carbocycles. The van der Waals surface area contributed by atoms with Crippen LogP contribution in [0.15, 0.2) is 23.2 Å². The summed E-state index contributed by atoms with van der Waals surface area (Å²) in [7, 11) is 3.19. The Labute approximate surface area is 113 Å². The van der Waals surface area contributed by atoms with E-state index in [0.717, 1.165) is 5.56 Å². The highest BCUT2D eigenvalue weighted by molar-refractivity contribution is 5.77. The molecule has 6 nitrogen and oxygen atoms in total. The van der Waals surface area contributed by atoms with Gasteiger partial charge in [0.25, 0.3) is 0 Å². The third kappa shape index (κ3) is 5.05. The molecule has 19 heavy (non-hydrogen) atoms. The van der Waals surface area contributed by atoms with Crippen LogP contribution in [-0.4, -0.2) is 38.4 Å². The smallest absolute Gasteiger partial charge is 0.188 e. The van der Waals surface area contributed by atoms with E-state index in [0.29, 0.717) is 37.0 Å². The summed E-state index contributed by atoms with van der Waals surface area (Å²) in [4.78, 5) is 4.20. The Morgan fingerprint density at radius 3 is 2.68 bits per heavy atom. The number of aliphatic hydroxyl groups excluding tert-OH is 1. The number of nitrogens with two attached hydrogens (primary N) is 1. The minimum absolute atomic E-state index is 0.135. The van der Waals surface area contributed by atoms with Gasteiger partial charge in [0, 0.05) is 13.2 Å². The molecule has 1 rings (SSSR count). The lowest BCUT2D eigenvalue weighted by molar-refractivity contribution is 0.289. The number of rotatable bonds is 7. The van der Waals surface area contributed by atoms with Crippen molar-refractivity contribution in [3.63, 3.8) is 0 Å². The molecule has 0 aliphatic heterocycles. The molecule has 0 radical (unpaired) electrons. The van der Waals surface area contributed by atoms with Crippen LogP contribution in [0.3, 0.4) is 0 Å². The summed E-state index contributed by atoms with van der Waals surface area (Å²) in [5, 5.41) is 11.6. The summed E-state index contributed by atoms with van der Waals surface area (Å²) < 4.78 is 10.4. The van der Waals surface area contributed by atoms with Crippen molar-refractivity contribution in [1.29, 1.82) is 0 Å². The second kappa shape index (κ2) is 8.20. The van der Waals surface area contributed by atoms with Crippen LogP contribution in [0.1, 0.15) is 12.0 Å². The lowest BCUT2D eigenvalue weighted by Crippen LogP contribution is -2.32. The average molecular weight is 267 g/mol. The number of nitrogens with one attached hydrogen (secondary N) is 1. The van der Waals surface area contributed by atoms with Crippen LogP contribution in [0.5, 0.6) is 11.5 Å². The summed E-state index contributed by atoms with van der Waals surface area (Å²) in [6.45, 7) is 1.20. The van der Waals surface area contributed by atoms with Crippen LogP contribution >= 0.6 is 0 Å². The molecule has 0 bridgehead atoms. The molecule has 106 valence electrons. The van der Waals surface area contributed by atoms with Crippen LogP contribution in [0.4, 0.5) is 0 Å². The van der Waals surface area contributed by atoms with E-state index in [9.17, 15) is 0 Å². The van der Waals surface area contributed by atoms with Gasteiger partial charge < -0.3 is 25.6 Å². The molecule has 0 atom stereocenters. The number of aliphatic imine (C=N–C) groups is 1. The number of hydrogen-bond acceptors (Lipinski definition) is 4. The van der Waals surface area contributed by atoms with Gasteiger partial charge >= 0.3 is 0 Å². The quantitative estimate of drug-likeness (QED) is 0.380. The molecule has 0 saturated carbocycles. The summed E-state index contributed by atoms with van der Waals surface area (Å²) in [5.41, 5.74) is 6.67. The van der Waals surface area contributed by atoms with Gasteiger partial charge in [-0.2, -0.15) is 0 Å². The molecule has 1 aromatic carbocycles. The molecule has 1 aromatic rings. The van der Waals surface area contributed by atoms with Crippen molar-refractivity contribution in [2.75, 3.05) is 27.4 Å². The first-order valence-electron chi connectivity index (χ1n) is 6.06.